The predicted octanol–water partition coefficient (Wildman–Crippen LogP) is 3.16. The monoisotopic (exact) mass is 309 g/mol. The number of nitrogens with zero attached hydrogens (tertiary/aromatic N) is 3. The SMILES string of the molecule is CC1CN(C(C)(C)C)CCC1CN1CCN(C(C)(C)C)CC1. The molecule has 0 N–H and O–H groups in total. The van der Waals surface area contributed by atoms with Crippen LogP contribution in [0.25, 0.3) is 0 Å². The van der Waals surface area contributed by atoms with Gasteiger partial charge in [-0.1, -0.05) is 6.92 Å². The van der Waals surface area contributed by atoms with Crippen molar-refractivity contribution in [1.82, 2.24) is 14.7 Å². The quantitative estimate of drug-likeness (QED) is 0.776. The summed E-state index contributed by atoms with van der Waals surface area (Å²) in [4.78, 5) is 8.02. The van der Waals surface area contributed by atoms with E-state index in [1.54, 1.807) is 0 Å². The second-order valence-corrected chi connectivity index (χ2v) is 9.60. The minimum atomic E-state index is 0.331. The number of hydrogen-bond acceptors (Lipinski definition) is 3. The Kier molecular flexibility index (Phi) is 5.62. The zero-order chi connectivity index (χ0) is 16.5. The van der Waals surface area contributed by atoms with Crippen molar-refractivity contribution in [1.29, 1.82) is 0 Å². The van der Waals surface area contributed by atoms with E-state index in [-0.39, 0.29) is 0 Å². The van der Waals surface area contributed by atoms with Crippen LogP contribution in [-0.4, -0.2) is 71.6 Å². The molecule has 0 aliphatic carbocycles. The molecule has 2 aliphatic rings. The number of rotatable bonds is 2. The van der Waals surface area contributed by atoms with Gasteiger partial charge in [-0.2, -0.15) is 0 Å². The topological polar surface area (TPSA) is 9.72 Å². The summed E-state index contributed by atoms with van der Waals surface area (Å²) >= 11 is 0. The molecule has 2 aliphatic heterocycles. The molecule has 0 bridgehead atoms. The first-order valence-corrected chi connectivity index (χ1v) is 9.30. The third-order valence-corrected chi connectivity index (χ3v) is 5.85. The first kappa shape index (κ1) is 18.2. The van der Waals surface area contributed by atoms with Crippen LogP contribution >= 0.6 is 0 Å². The Labute approximate surface area is 139 Å². The highest BCUT2D eigenvalue weighted by Crippen LogP contribution is 2.29. The maximum atomic E-state index is 2.72. The van der Waals surface area contributed by atoms with Crippen LogP contribution in [0, 0.1) is 11.8 Å². The van der Waals surface area contributed by atoms with Gasteiger partial charge in [0.25, 0.3) is 0 Å². The van der Waals surface area contributed by atoms with Crippen LogP contribution in [0.15, 0.2) is 0 Å². The lowest BCUT2D eigenvalue weighted by Crippen LogP contribution is -2.55. The molecular weight excluding hydrogens is 270 g/mol. The number of hydrogen-bond donors (Lipinski definition) is 0. The average Bonchev–Trinajstić information content (AvgIpc) is 2.39. The highest BCUT2D eigenvalue weighted by Gasteiger charge is 2.33. The third-order valence-electron chi connectivity index (χ3n) is 5.85. The number of piperazine rings is 1. The van der Waals surface area contributed by atoms with E-state index in [4.69, 9.17) is 0 Å². The van der Waals surface area contributed by atoms with Crippen LogP contribution in [0.1, 0.15) is 54.9 Å². The molecule has 0 aromatic carbocycles. The first-order chi connectivity index (χ1) is 10.1. The Morgan fingerprint density at radius 1 is 0.773 bits per heavy atom. The molecule has 0 aromatic heterocycles. The van der Waals surface area contributed by atoms with Gasteiger partial charge >= 0.3 is 0 Å². The standard InChI is InChI=1S/C19H39N3/c1-16-14-22(19(5,6)7)9-8-17(16)15-20-10-12-21(13-11-20)18(2,3)4/h16-17H,8-15H2,1-7H3. The van der Waals surface area contributed by atoms with Gasteiger partial charge in [-0.25, -0.2) is 0 Å². The second kappa shape index (κ2) is 6.78. The summed E-state index contributed by atoms with van der Waals surface area (Å²) in [6.07, 6.45) is 1.37. The van der Waals surface area contributed by atoms with Crippen LogP contribution in [0.3, 0.4) is 0 Å². The van der Waals surface area contributed by atoms with Crippen molar-refractivity contribution in [3.05, 3.63) is 0 Å². The fraction of sp³-hybridized carbons (Fsp3) is 1.00. The zero-order valence-electron chi connectivity index (χ0n) is 16.2. The molecule has 2 heterocycles. The Morgan fingerprint density at radius 3 is 1.77 bits per heavy atom. The van der Waals surface area contributed by atoms with E-state index in [1.165, 1.54) is 52.2 Å². The van der Waals surface area contributed by atoms with Crippen molar-refractivity contribution in [2.45, 2.75) is 66.0 Å². The third kappa shape index (κ3) is 4.69. The van der Waals surface area contributed by atoms with E-state index in [0.29, 0.717) is 11.1 Å². The summed E-state index contributed by atoms with van der Waals surface area (Å²) in [5.41, 5.74) is 0.662. The first-order valence-electron chi connectivity index (χ1n) is 9.30. The van der Waals surface area contributed by atoms with E-state index >= 15 is 0 Å². The van der Waals surface area contributed by atoms with Crippen molar-refractivity contribution in [3.8, 4) is 0 Å². The fourth-order valence-electron chi connectivity index (χ4n) is 4.01. The van der Waals surface area contributed by atoms with E-state index in [1.807, 2.05) is 0 Å². The van der Waals surface area contributed by atoms with E-state index in [0.717, 1.165) is 11.8 Å². The van der Waals surface area contributed by atoms with Crippen molar-refractivity contribution in [3.63, 3.8) is 0 Å². The van der Waals surface area contributed by atoms with Gasteiger partial charge in [-0.3, -0.25) is 9.80 Å². The van der Waals surface area contributed by atoms with Gasteiger partial charge in [0.05, 0.1) is 0 Å². The molecular formula is C19H39N3. The van der Waals surface area contributed by atoms with Gasteiger partial charge in [0.15, 0.2) is 0 Å². The van der Waals surface area contributed by atoms with Crippen LogP contribution in [0.5, 0.6) is 0 Å². The second-order valence-electron chi connectivity index (χ2n) is 9.60. The van der Waals surface area contributed by atoms with Gasteiger partial charge in [0, 0.05) is 50.3 Å². The molecule has 0 saturated carbocycles. The van der Waals surface area contributed by atoms with E-state index in [2.05, 4.69) is 63.2 Å². The molecule has 2 saturated heterocycles. The normalized spacial score (nSPS) is 30.7. The molecule has 2 fully saturated rings. The molecule has 0 amide bonds. The smallest absolute Gasteiger partial charge is 0.0126 e. The van der Waals surface area contributed by atoms with Crippen molar-refractivity contribution < 1.29 is 0 Å². The molecule has 130 valence electrons. The Morgan fingerprint density at radius 2 is 1.32 bits per heavy atom. The molecule has 2 rings (SSSR count). The molecule has 0 radical (unpaired) electrons. The summed E-state index contributed by atoms with van der Waals surface area (Å²) in [7, 11) is 0. The lowest BCUT2D eigenvalue weighted by atomic mass is 9.84. The van der Waals surface area contributed by atoms with E-state index < -0.39 is 0 Å². The van der Waals surface area contributed by atoms with Crippen molar-refractivity contribution in [2.75, 3.05) is 45.8 Å². The minimum Gasteiger partial charge on any atom is -0.301 e. The van der Waals surface area contributed by atoms with Gasteiger partial charge in [-0.05, 0) is 66.3 Å². The van der Waals surface area contributed by atoms with Crippen LogP contribution in [-0.2, 0) is 0 Å². The summed E-state index contributed by atoms with van der Waals surface area (Å²) in [5.74, 6) is 1.72. The maximum absolute atomic E-state index is 2.72. The lowest BCUT2D eigenvalue weighted by Gasteiger charge is -2.47. The Bertz CT molecular complexity index is 345. The molecule has 3 heteroatoms. The van der Waals surface area contributed by atoms with Gasteiger partial charge in [0.1, 0.15) is 0 Å². The van der Waals surface area contributed by atoms with Gasteiger partial charge in [-0.15, -0.1) is 0 Å². The van der Waals surface area contributed by atoms with Crippen molar-refractivity contribution in [2.24, 2.45) is 11.8 Å². The highest BCUT2D eigenvalue weighted by atomic mass is 15.3. The molecule has 3 nitrogen and oxygen atoms in total. The number of piperidine rings is 1. The Hall–Kier alpha value is -0.120. The maximum Gasteiger partial charge on any atom is 0.0126 e. The minimum absolute atomic E-state index is 0.331. The molecule has 0 spiro atoms. The van der Waals surface area contributed by atoms with Crippen LogP contribution in [0.4, 0.5) is 0 Å². The lowest BCUT2D eigenvalue weighted by molar-refractivity contribution is 0.0180. The number of likely N-dealkylation sites (tertiary alicyclic amines) is 1. The summed E-state index contributed by atoms with van der Waals surface area (Å²) in [5, 5.41) is 0. The average molecular weight is 310 g/mol. The van der Waals surface area contributed by atoms with Crippen LogP contribution in [0.2, 0.25) is 0 Å². The summed E-state index contributed by atoms with van der Waals surface area (Å²) in [6.45, 7) is 25.4. The highest BCUT2D eigenvalue weighted by molar-refractivity contribution is 4.88. The summed E-state index contributed by atoms with van der Waals surface area (Å²) in [6, 6.07) is 0. The fourth-order valence-corrected chi connectivity index (χ4v) is 4.01. The summed E-state index contributed by atoms with van der Waals surface area (Å²) < 4.78 is 0. The van der Waals surface area contributed by atoms with Crippen LogP contribution < -0.4 is 0 Å². The molecule has 2 unspecified atom stereocenters. The molecule has 0 aromatic rings. The molecule has 22 heavy (non-hydrogen) atoms. The largest absolute Gasteiger partial charge is 0.301 e. The van der Waals surface area contributed by atoms with Crippen molar-refractivity contribution >= 4 is 0 Å². The van der Waals surface area contributed by atoms with E-state index in [9.17, 15) is 0 Å². The predicted molar refractivity (Wildman–Crippen MR) is 96.4 cm³/mol. The zero-order valence-corrected chi connectivity index (χ0v) is 16.2. The van der Waals surface area contributed by atoms with Gasteiger partial charge in [0.2, 0.25) is 0 Å². The van der Waals surface area contributed by atoms with Gasteiger partial charge < -0.3 is 4.90 Å². The Balaban J connectivity index is 1.79. The molecule has 2 atom stereocenters.